The zero-order chi connectivity index (χ0) is 54.2. The highest BCUT2D eigenvalue weighted by Gasteiger charge is 2.23. The summed E-state index contributed by atoms with van der Waals surface area (Å²) in [5, 5.41) is 83.0. The number of hydrogen-bond donors (Lipinski definition) is 14. The van der Waals surface area contributed by atoms with Crippen molar-refractivity contribution in [3.8, 4) is 34.5 Å². The van der Waals surface area contributed by atoms with Crippen molar-refractivity contribution in [2.24, 2.45) is 11.5 Å². The van der Waals surface area contributed by atoms with Gasteiger partial charge in [-0.15, -0.1) is 0 Å². The van der Waals surface area contributed by atoms with Crippen molar-refractivity contribution in [3.05, 3.63) is 173 Å². The first-order chi connectivity index (χ1) is 36.6. The van der Waals surface area contributed by atoms with E-state index in [0.717, 1.165) is 39.1 Å². The van der Waals surface area contributed by atoms with Gasteiger partial charge in [0.15, 0.2) is 0 Å². The first kappa shape index (κ1) is 58.4. The number of primary amides is 1. The number of benzene rings is 6. The van der Waals surface area contributed by atoms with Gasteiger partial charge in [-0.1, -0.05) is 66.7 Å². The first-order valence-corrected chi connectivity index (χ1v) is 26.5. The molecular formula is C60H81N9O7. The molecule has 0 aliphatic heterocycles. The van der Waals surface area contributed by atoms with Crippen LogP contribution in [0.1, 0.15) is 46.7 Å². The summed E-state index contributed by atoms with van der Waals surface area (Å²) in [6.45, 7) is 9.55. The second-order valence-corrected chi connectivity index (χ2v) is 20.2. The van der Waals surface area contributed by atoms with E-state index < -0.39 is 0 Å². The molecular weight excluding hydrogens is 959 g/mol. The van der Waals surface area contributed by atoms with Gasteiger partial charge in [0.1, 0.15) is 34.5 Å². The van der Waals surface area contributed by atoms with E-state index in [2.05, 4.69) is 43.7 Å². The van der Waals surface area contributed by atoms with Crippen molar-refractivity contribution in [1.29, 1.82) is 0 Å². The summed E-state index contributed by atoms with van der Waals surface area (Å²) < 4.78 is 0. The fourth-order valence-corrected chi connectivity index (χ4v) is 9.35. The third kappa shape index (κ3) is 21.0. The zero-order valence-corrected chi connectivity index (χ0v) is 44.0. The maximum absolute atomic E-state index is 11.6. The Hall–Kier alpha value is -6.89. The van der Waals surface area contributed by atoms with Gasteiger partial charge in [-0.3, -0.25) is 4.79 Å². The maximum Gasteiger partial charge on any atom is 0.218 e. The van der Waals surface area contributed by atoms with Gasteiger partial charge in [0.2, 0.25) is 5.91 Å². The molecule has 0 fully saturated rings. The molecule has 408 valence electrons. The van der Waals surface area contributed by atoms with E-state index in [1.165, 1.54) is 0 Å². The van der Waals surface area contributed by atoms with E-state index in [1.54, 1.807) is 72.8 Å². The number of phenolic OH excluding ortho intramolecular Hbond substituents is 6. The minimum Gasteiger partial charge on any atom is -0.508 e. The number of rotatable bonds is 34. The van der Waals surface area contributed by atoms with Gasteiger partial charge in [0.05, 0.1) is 0 Å². The number of amides is 1. The van der Waals surface area contributed by atoms with Crippen molar-refractivity contribution in [2.75, 3.05) is 63.8 Å². The Morgan fingerprint density at radius 2 is 0.868 bits per heavy atom. The molecule has 16 N–H and O–H groups in total. The SMILES string of the molecule is Cc1ccc(O)cc1N(CCNC[C@H](Cc1ccc(O)cc1)NC[C@H](C)NC[C@H](Cc1ccc(O)cc1)NC[C@H](Cc1ccc(O)cc1)NC[C@@H](N)Cc1ccc(O)cc1)[C@H](CNCCC(N)=O)Cc1ccc(O)cc1. The van der Waals surface area contributed by atoms with Crippen LogP contribution < -0.4 is 48.3 Å². The molecule has 0 aliphatic rings. The fourth-order valence-electron chi connectivity index (χ4n) is 9.35. The van der Waals surface area contributed by atoms with Crippen molar-refractivity contribution in [3.63, 3.8) is 0 Å². The lowest BCUT2D eigenvalue weighted by molar-refractivity contribution is -0.117. The van der Waals surface area contributed by atoms with E-state index in [1.807, 2.05) is 73.7 Å². The minimum absolute atomic E-state index is 0.0102. The van der Waals surface area contributed by atoms with Gasteiger partial charge >= 0.3 is 0 Å². The average Bonchev–Trinajstić information content (AvgIpc) is 3.40. The van der Waals surface area contributed by atoms with Crippen LogP contribution in [0.15, 0.2) is 140 Å². The molecule has 0 bridgehead atoms. The fraction of sp³-hybridized carbons (Fsp3) is 0.383. The quantitative estimate of drug-likeness (QED) is 0.0241. The number of nitrogens with one attached hydrogen (secondary N) is 6. The molecule has 1 amide bonds. The molecule has 0 saturated heterocycles. The molecule has 0 aliphatic carbocycles. The zero-order valence-electron chi connectivity index (χ0n) is 44.0. The summed E-state index contributed by atoms with van der Waals surface area (Å²) in [7, 11) is 0. The molecule has 6 atom stereocenters. The minimum atomic E-state index is -0.377. The number of carbonyl (C=O) groups excluding carboxylic acids is 1. The highest BCUT2D eigenvalue weighted by molar-refractivity contribution is 5.73. The first-order valence-electron chi connectivity index (χ1n) is 26.5. The van der Waals surface area contributed by atoms with Gasteiger partial charge in [-0.05, 0) is 146 Å². The highest BCUT2D eigenvalue weighted by atomic mass is 16.3. The van der Waals surface area contributed by atoms with Crippen molar-refractivity contribution in [1.82, 2.24) is 31.9 Å². The summed E-state index contributed by atoms with van der Waals surface area (Å²) in [6, 6.07) is 41.5. The van der Waals surface area contributed by atoms with Crippen LogP contribution in [-0.4, -0.2) is 132 Å². The van der Waals surface area contributed by atoms with E-state index in [4.69, 9.17) is 11.5 Å². The lowest BCUT2D eigenvalue weighted by Gasteiger charge is -2.36. The number of phenols is 6. The largest absolute Gasteiger partial charge is 0.508 e. The van der Waals surface area contributed by atoms with E-state index in [9.17, 15) is 35.4 Å². The van der Waals surface area contributed by atoms with Gasteiger partial charge in [0, 0.05) is 113 Å². The third-order valence-electron chi connectivity index (χ3n) is 13.6. The van der Waals surface area contributed by atoms with Crippen LogP contribution in [0, 0.1) is 6.92 Å². The summed E-state index contributed by atoms with van der Waals surface area (Å²) >= 11 is 0. The molecule has 6 rings (SSSR count). The Labute approximate surface area is 448 Å². The molecule has 16 heteroatoms. The standard InChI is InChI=1S/C60H81N9O7/c1-41-3-14-58(75)34-59(41)69(52(40-63-26-25-60(62)76)33-47-12-23-57(74)24-13-47)28-27-64-37-49(30-44-6-17-54(71)18-7-44)66-35-42(2)65-38-50(31-45-8-19-55(72)20-9-45)68-39-51(32-46-10-21-56(73)22-11-46)67-36-48(61)29-43-4-15-53(70)16-5-43/h3-24,34,42,48-52,63-68,70-75H,25-33,35-40,61H2,1-2H3,(H2,62,76)/t42-,48-,49-,50-,51-,52-/m0/s1. The van der Waals surface area contributed by atoms with Crippen LogP contribution in [0.25, 0.3) is 0 Å². The van der Waals surface area contributed by atoms with E-state index in [-0.39, 0.29) is 83.1 Å². The van der Waals surface area contributed by atoms with Crippen LogP contribution in [0.4, 0.5) is 5.69 Å². The summed E-state index contributed by atoms with van der Waals surface area (Å²) in [5.74, 6) is 0.844. The van der Waals surface area contributed by atoms with E-state index >= 15 is 0 Å². The number of nitrogens with two attached hydrogens (primary N) is 2. The molecule has 0 heterocycles. The molecule has 0 saturated carbocycles. The number of hydrogen-bond acceptors (Lipinski definition) is 15. The van der Waals surface area contributed by atoms with Gasteiger partial charge < -0.3 is 78.9 Å². The van der Waals surface area contributed by atoms with Gasteiger partial charge in [-0.25, -0.2) is 0 Å². The Bertz CT molecular complexity index is 2610. The molecule has 0 unspecified atom stereocenters. The molecule has 76 heavy (non-hydrogen) atoms. The number of carbonyl (C=O) groups is 1. The predicted octanol–water partition coefficient (Wildman–Crippen LogP) is 4.85. The number of anilines is 1. The van der Waals surface area contributed by atoms with Crippen molar-refractivity contribution < 1.29 is 35.4 Å². The summed E-state index contributed by atoms with van der Waals surface area (Å²) in [6.07, 6.45) is 3.63. The van der Waals surface area contributed by atoms with Gasteiger partial charge in [-0.2, -0.15) is 0 Å². The van der Waals surface area contributed by atoms with Crippen LogP contribution in [0.5, 0.6) is 34.5 Å². The van der Waals surface area contributed by atoms with Crippen LogP contribution >= 0.6 is 0 Å². The number of nitrogens with zero attached hydrogens (tertiary/aromatic N) is 1. The lowest BCUT2D eigenvalue weighted by Crippen LogP contribution is -2.52. The number of aryl methyl sites for hydroxylation is 1. The normalized spacial score (nSPS) is 13.9. The summed E-state index contributed by atoms with van der Waals surface area (Å²) in [4.78, 5) is 13.9. The summed E-state index contributed by atoms with van der Waals surface area (Å²) in [5.41, 5.74) is 19.4. The monoisotopic (exact) mass is 1040 g/mol. The highest BCUT2D eigenvalue weighted by Crippen LogP contribution is 2.28. The molecule has 0 spiro atoms. The van der Waals surface area contributed by atoms with Crippen molar-refractivity contribution >= 4 is 11.6 Å². The maximum atomic E-state index is 11.6. The topological polar surface area (TPSA) is 266 Å². The third-order valence-corrected chi connectivity index (χ3v) is 13.6. The van der Waals surface area contributed by atoms with E-state index in [0.29, 0.717) is 91.0 Å². The Balaban J connectivity index is 1.11. The second kappa shape index (κ2) is 30.6. The van der Waals surface area contributed by atoms with Crippen LogP contribution in [0.2, 0.25) is 0 Å². The molecule has 6 aromatic carbocycles. The second-order valence-electron chi connectivity index (χ2n) is 20.2. The lowest BCUT2D eigenvalue weighted by atomic mass is 10.0. The molecule has 6 aromatic rings. The van der Waals surface area contributed by atoms with Crippen molar-refractivity contribution in [2.45, 2.75) is 88.6 Å². The Kier molecular flexibility index (Phi) is 23.5. The molecule has 0 aromatic heterocycles. The average molecular weight is 1040 g/mol. The molecule has 0 radical (unpaired) electrons. The smallest absolute Gasteiger partial charge is 0.218 e. The van der Waals surface area contributed by atoms with Gasteiger partial charge in [0.25, 0.3) is 0 Å². The van der Waals surface area contributed by atoms with Crippen LogP contribution in [0.3, 0.4) is 0 Å². The molecule has 16 nitrogen and oxygen atoms in total. The Morgan fingerprint density at radius 1 is 0.474 bits per heavy atom. The Morgan fingerprint density at radius 3 is 1.36 bits per heavy atom. The number of aromatic hydroxyl groups is 6. The predicted molar refractivity (Wildman–Crippen MR) is 303 cm³/mol. The van der Waals surface area contributed by atoms with Crippen LogP contribution in [-0.2, 0) is 36.9 Å².